The summed E-state index contributed by atoms with van der Waals surface area (Å²) < 4.78 is 3.20. The smallest absolute Gasteiger partial charge is 0.141 e. The first-order valence-electron chi connectivity index (χ1n) is 4.98. The summed E-state index contributed by atoms with van der Waals surface area (Å²) in [6, 6.07) is 10.6. The molecular formula is C12H13BrN2. The lowest BCUT2D eigenvalue weighted by molar-refractivity contribution is 0.596. The van der Waals surface area contributed by atoms with E-state index in [1.54, 1.807) is 0 Å². The lowest BCUT2D eigenvalue weighted by Crippen LogP contribution is -2.03. The van der Waals surface area contributed by atoms with E-state index in [-0.39, 0.29) is 0 Å². The Hall–Kier alpha value is -1.09. The molecule has 0 saturated carbocycles. The number of nitrogens with zero attached hydrogens (tertiary/aromatic N) is 2. The minimum Gasteiger partial charge on any atom is -0.316 e. The molecule has 0 aliphatic heterocycles. The first kappa shape index (κ1) is 10.4. The molecular weight excluding hydrogens is 252 g/mol. The van der Waals surface area contributed by atoms with Crippen LogP contribution in [0.2, 0.25) is 0 Å². The maximum Gasteiger partial charge on any atom is 0.141 e. The molecule has 3 heteroatoms. The predicted octanol–water partition coefficient (Wildman–Crippen LogP) is 3.89. The fraction of sp³-hybridized carbons (Fsp3) is 0.250. The highest BCUT2D eigenvalue weighted by Crippen LogP contribution is 2.26. The van der Waals surface area contributed by atoms with E-state index in [0.29, 0.717) is 6.04 Å². The van der Waals surface area contributed by atoms with E-state index in [4.69, 9.17) is 0 Å². The van der Waals surface area contributed by atoms with Gasteiger partial charge in [0, 0.05) is 11.6 Å². The predicted molar refractivity (Wildman–Crippen MR) is 65.7 cm³/mol. The van der Waals surface area contributed by atoms with Crippen LogP contribution in [-0.4, -0.2) is 9.55 Å². The van der Waals surface area contributed by atoms with Crippen molar-refractivity contribution < 1.29 is 0 Å². The van der Waals surface area contributed by atoms with E-state index >= 15 is 0 Å². The second-order valence-electron chi connectivity index (χ2n) is 3.73. The number of benzene rings is 1. The molecule has 0 amide bonds. The lowest BCUT2D eigenvalue weighted by Gasteiger charge is -2.12. The zero-order valence-corrected chi connectivity index (χ0v) is 10.4. The summed E-state index contributed by atoms with van der Waals surface area (Å²) >= 11 is 3.52. The maximum atomic E-state index is 4.42. The molecule has 2 rings (SSSR count). The van der Waals surface area contributed by atoms with Crippen molar-refractivity contribution in [1.82, 2.24) is 9.55 Å². The van der Waals surface area contributed by atoms with Crippen LogP contribution in [0.5, 0.6) is 0 Å². The van der Waals surface area contributed by atoms with Gasteiger partial charge in [0.2, 0.25) is 0 Å². The molecule has 0 N–H and O–H groups in total. The molecule has 1 heterocycles. The van der Waals surface area contributed by atoms with Gasteiger partial charge in [-0.05, 0) is 29.8 Å². The third-order valence-corrected chi connectivity index (χ3v) is 2.89. The van der Waals surface area contributed by atoms with Crippen molar-refractivity contribution in [3.8, 4) is 11.4 Å². The van der Waals surface area contributed by atoms with Crippen molar-refractivity contribution in [3.05, 3.63) is 41.1 Å². The van der Waals surface area contributed by atoms with Crippen molar-refractivity contribution in [2.75, 3.05) is 0 Å². The normalized spacial score (nSPS) is 10.9. The highest BCUT2D eigenvalue weighted by Gasteiger charge is 2.11. The highest BCUT2D eigenvalue weighted by atomic mass is 79.9. The van der Waals surface area contributed by atoms with Crippen LogP contribution in [0.1, 0.15) is 19.9 Å². The van der Waals surface area contributed by atoms with E-state index in [0.717, 1.165) is 16.0 Å². The van der Waals surface area contributed by atoms with Gasteiger partial charge in [-0.15, -0.1) is 0 Å². The maximum absolute atomic E-state index is 4.42. The van der Waals surface area contributed by atoms with Crippen molar-refractivity contribution >= 4 is 15.9 Å². The Balaban J connectivity index is 2.54. The van der Waals surface area contributed by atoms with Crippen LogP contribution in [0.15, 0.2) is 41.1 Å². The molecule has 1 aromatic heterocycles. The molecule has 0 unspecified atom stereocenters. The van der Waals surface area contributed by atoms with Gasteiger partial charge in [-0.2, -0.15) is 0 Å². The van der Waals surface area contributed by atoms with Crippen LogP contribution in [0.3, 0.4) is 0 Å². The molecule has 0 radical (unpaired) electrons. The summed E-state index contributed by atoms with van der Waals surface area (Å²) in [5.74, 6) is 1.01. The average molecular weight is 265 g/mol. The number of rotatable bonds is 2. The summed E-state index contributed by atoms with van der Waals surface area (Å²) in [7, 11) is 0. The van der Waals surface area contributed by atoms with Crippen molar-refractivity contribution in [3.63, 3.8) is 0 Å². The summed E-state index contributed by atoms with van der Waals surface area (Å²) in [5, 5.41) is 0. The second kappa shape index (κ2) is 4.19. The minimum atomic E-state index is 0.400. The fourth-order valence-corrected chi connectivity index (χ4v) is 2.31. The second-order valence-corrected chi connectivity index (χ2v) is 4.55. The Morgan fingerprint density at radius 3 is 2.47 bits per heavy atom. The van der Waals surface area contributed by atoms with Crippen molar-refractivity contribution in [2.24, 2.45) is 0 Å². The lowest BCUT2D eigenvalue weighted by atomic mass is 10.2. The SMILES string of the molecule is CC(C)n1c(Br)cnc1-c1ccccc1. The molecule has 0 atom stereocenters. The van der Waals surface area contributed by atoms with Gasteiger partial charge in [-0.1, -0.05) is 30.3 Å². The van der Waals surface area contributed by atoms with Gasteiger partial charge in [0.25, 0.3) is 0 Å². The zero-order chi connectivity index (χ0) is 10.8. The van der Waals surface area contributed by atoms with Gasteiger partial charge in [-0.25, -0.2) is 4.98 Å². The van der Waals surface area contributed by atoms with Crippen LogP contribution < -0.4 is 0 Å². The van der Waals surface area contributed by atoms with E-state index < -0.39 is 0 Å². The van der Waals surface area contributed by atoms with E-state index in [1.807, 2.05) is 24.4 Å². The zero-order valence-electron chi connectivity index (χ0n) is 8.81. The third-order valence-electron chi connectivity index (χ3n) is 2.30. The first-order valence-corrected chi connectivity index (χ1v) is 5.77. The highest BCUT2D eigenvalue weighted by molar-refractivity contribution is 9.10. The van der Waals surface area contributed by atoms with E-state index in [1.165, 1.54) is 0 Å². The Kier molecular flexibility index (Phi) is 2.91. The van der Waals surface area contributed by atoms with Crippen LogP contribution in [0.25, 0.3) is 11.4 Å². The quantitative estimate of drug-likeness (QED) is 0.805. The number of hydrogen-bond acceptors (Lipinski definition) is 1. The average Bonchev–Trinajstić information content (AvgIpc) is 2.61. The molecule has 0 spiro atoms. The molecule has 78 valence electrons. The number of hydrogen-bond donors (Lipinski definition) is 0. The fourth-order valence-electron chi connectivity index (χ4n) is 1.63. The van der Waals surface area contributed by atoms with Crippen molar-refractivity contribution in [2.45, 2.75) is 19.9 Å². The Labute approximate surface area is 98.1 Å². The topological polar surface area (TPSA) is 17.8 Å². The van der Waals surface area contributed by atoms with E-state index in [2.05, 4.69) is 51.5 Å². The molecule has 0 aliphatic carbocycles. The molecule has 1 aromatic carbocycles. The third kappa shape index (κ3) is 1.97. The van der Waals surface area contributed by atoms with Gasteiger partial charge in [0.05, 0.1) is 6.20 Å². The Morgan fingerprint density at radius 2 is 1.87 bits per heavy atom. The van der Waals surface area contributed by atoms with Crippen molar-refractivity contribution in [1.29, 1.82) is 0 Å². The van der Waals surface area contributed by atoms with Gasteiger partial charge in [0.15, 0.2) is 0 Å². The van der Waals surface area contributed by atoms with Crippen LogP contribution in [-0.2, 0) is 0 Å². The van der Waals surface area contributed by atoms with E-state index in [9.17, 15) is 0 Å². The van der Waals surface area contributed by atoms with Crippen LogP contribution in [0.4, 0.5) is 0 Å². The number of halogens is 1. The standard InChI is InChI=1S/C12H13BrN2/c1-9(2)15-11(13)8-14-12(15)10-6-4-3-5-7-10/h3-9H,1-2H3. The monoisotopic (exact) mass is 264 g/mol. The molecule has 2 aromatic rings. The van der Waals surface area contributed by atoms with Crippen LogP contribution in [0, 0.1) is 0 Å². The minimum absolute atomic E-state index is 0.400. The van der Waals surface area contributed by atoms with Gasteiger partial charge >= 0.3 is 0 Å². The summed E-state index contributed by atoms with van der Waals surface area (Å²) in [5.41, 5.74) is 1.15. The molecule has 0 saturated heterocycles. The molecule has 15 heavy (non-hydrogen) atoms. The first-order chi connectivity index (χ1) is 7.20. The van der Waals surface area contributed by atoms with Gasteiger partial charge in [-0.3, -0.25) is 0 Å². The van der Waals surface area contributed by atoms with Gasteiger partial charge < -0.3 is 4.57 Å². The number of imidazole rings is 1. The summed E-state index contributed by atoms with van der Waals surface area (Å²) in [4.78, 5) is 4.42. The van der Waals surface area contributed by atoms with Gasteiger partial charge in [0.1, 0.15) is 10.4 Å². The Morgan fingerprint density at radius 1 is 1.20 bits per heavy atom. The van der Waals surface area contributed by atoms with Crippen LogP contribution >= 0.6 is 15.9 Å². The molecule has 0 bridgehead atoms. The summed E-state index contributed by atoms with van der Waals surface area (Å²) in [6.45, 7) is 4.30. The Bertz CT molecular complexity index is 446. The molecule has 2 nitrogen and oxygen atoms in total. The summed E-state index contributed by atoms with van der Waals surface area (Å²) in [6.07, 6.45) is 1.85. The number of aromatic nitrogens is 2. The molecule has 0 aliphatic rings. The molecule has 0 fully saturated rings. The largest absolute Gasteiger partial charge is 0.316 e.